The maximum atomic E-state index is 14.4. The monoisotopic (exact) mass is 424 g/mol. The van der Waals surface area contributed by atoms with Crippen molar-refractivity contribution in [2.45, 2.75) is 31.6 Å². The minimum absolute atomic E-state index is 0.0148. The van der Waals surface area contributed by atoms with Gasteiger partial charge in [-0.05, 0) is 23.8 Å². The van der Waals surface area contributed by atoms with Gasteiger partial charge in [-0.3, -0.25) is 4.90 Å². The van der Waals surface area contributed by atoms with Crippen LogP contribution in [0, 0.1) is 0 Å². The van der Waals surface area contributed by atoms with Crippen LogP contribution in [0.15, 0.2) is 36.5 Å². The second-order valence-corrected chi connectivity index (χ2v) is 7.18. The fourth-order valence-corrected chi connectivity index (χ4v) is 3.47. The number of halogens is 4. The van der Waals surface area contributed by atoms with E-state index in [0.717, 1.165) is 17.7 Å². The molecule has 1 aliphatic rings. The third-order valence-electron chi connectivity index (χ3n) is 4.98. The Hall–Kier alpha value is -2.72. The Labute approximate surface area is 169 Å². The molecule has 0 unspecified atom stereocenters. The lowest BCUT2D eigenvalue weighted by Crippen LogP contribution is -2.24. The second-order valence-electron chi connectivity index (χ2n) is 7.18. The summed E-state index contributed by atoms with van der Waals surface area (Å²) in [5.74, 6) is 0.868. The summed E-state index contributed by atoms with van der Waals surface area (Å²) in [6.45, 7) is 1.14. The molecule has 160 valence electrons. The van der Waals surface area contributed by atoms with Gasteiger partial charge in [0.15, 0.2) is 0 Å². The molecule has 0 radical (unpaired) electrons. The Kier molecular flexibility index (Phi) is 5.61. The highest BCUT2D eigenvalue weighted by Gasteiger charge is 2.34. The number of nitrogens with zero attached hydrogens (tertiary/aromatic N) is 3. The van der Waals surface area contributed by atoms with Crippen molar-refractivity contribution >= 4 is 11.0 Å². The molecule has 0 bridgehead atoms. The number of hydrogen-bond acceptors (Lipinski definition) is 5. The Morgan fingerprint density at radius 3 is 2.73 bits per heavy atom. The first kappa shape index (κ1) is 20.5. The van der Waals surface area contributed by atoms with Crippen LogP contribution >= 0.6 is 0 Å². The average molecular weight is 424 g/mol. The number of aromatic amines is 1. The van der Waals surface area contributed by atoms with E-state index in [0.29, 0.717) is 30.3 Å². The minimum Gasteiger partial charge on any atom is -0.481 e. The van der Waals surface area contributed by atoms with Crippen LogP contribution in [0.3, 0.4) is 0 Å². The van der Waals surface area contributed by atoms with Gasteiger partial charge < -0.3 is 14.5 Å². The third-order valence-corrected chi connectivity index (χ3v) is 4.98. The first-order valence-electron chi connectivity index (χ1n) is 9.34. The highest BCUT2D eigenvalue weighted by atomic mass is 19.4. The van der Waals surface area contributed by atoms with E-state index in [9.17, 15) is 17.6 Å². The summed E-state index contributed by atoms with van der Waals surface area (Å²) in [6, 6.07) is 6.91. The van der Waals surface area contributed by atoms with Gasteiger partial charge in [0.05, 0.1) is 23.7 Å². The van der Waals surface area contributed by atoms with Crippen LogP contribution in [0.4, 0.5) is 17.6 Å². The third kappa shape index (κ3) is 4.54. The number of ether oxygens (including phenoxy) is 2. The van der Waals surface area contributed by atoms with Crippen molar-refractivity contribution in [3.05, 3.63) is 53.5 Å². The maximum absolute atomic E-state index is 14.4. The molecule has 2 atom stereocenters. The number of rotatable bonds is 6. The fraction of sp³-hybridized carbons (Fsp3) is 0.400. The number of pyridine rings is 1. The summed E-state index contributed by atoms with van der Waals surface area (Å²) in [4.78, 5) is 13.1. The Bertz CT molecular complexity index is 1010. The molecule has 10 heteroatoms. The van der Waals surface area contributed by atoms with Gasteiger partial charge in [0.25, 0.3) is 0 Å². The number of alkyl halides is 4. The van der Waals surface area contributed by atoms with Crippen LogP contribution in [0.2, 0.25) is 0 Å². The van der Waals surface area contributed by atoms with Crippen LogP contribution in [0.25, 0.3) is 11.0 Å². The Morgan fingerprint density at radius 2 is 2.03 bits per heavy atom. The van der Waals surface area contributed by atoms with Crippen LogP contribution in [0.1, 0.15) is 17.0 Å². The van der Waals surface area contributed by atoms with Crippen LogP contribution in [-0.2, 0) is 24.1 Å². The van der Waals surface area contributed by atoms with E-state index in [1.807, 2.05) is 11.0 Å². The van der Waals surface area contributed by atoms with Crippen LogP contribution < -0.4 is 4.74 Å². The van der Waals surface area contributed by atoms with Gasteiger partial charge in [0.1, 0.15) is 24.7 Å². The molecule has 0 spiro atoms. The zero-order valence-corrected chi connectivity index (χ0v) is 16.1. The molecule has 1 N–H and O–H groups in total. The van der Waals surface area contributed by atoms with Crippen LogP contribution in [-0.4, -0.2) is 52.3 Å². The summed E-state index contributed by atoms with van der Waals surface area (Å²) >= 11 is 0. The van der Waals surface area contributed by atoms with Crippen molar-refractivity contribution in [2.24, 2.45) is 0 Å². The molecule has 3 aromatic rings. The standard InChI is InChI=1S/C20H20F4N4O2/c1-29-19-5-2-12(7-25-19)8-28-9-14(21)17(10-28)30-11-18-26-15-4-3-13(20(22,23)24)6-16(15)27-18/h2-7,14,17H,8-11H2,1H3,(H,26,27)/t14-,17+/m1/s1. The van der Waals surface area contributed by atoms with Crippen molar-refractivity contribution < 1.29 is 27.0 Å². The molecule has 2 aromatic heterocycles. The highest BCUT2D eigenvalue weighted by Crippen LogP contribution is 2.31. The lowest BCUT2D eigenvalue weighted by molar-refractivity contribution is -0.137. The highest BCUT2D eigenvalue weighted by molar-refractivity contribution is 5.76. The molecule has 3 heterocycles. The van der Waals surface area contributed by atoms with Crippen molar-refractivity contribution in [3.63, 3.8) is 0 Å². The number of nitrogens with one attached hydrogen (secondary N) is 1. The summed E-state index contributed by atoms with van der Waals surface area (Å²) < 4.78 is 63.6. The number of H-pyrrole nitrogens is 1. The number of aromatic nitrogens is 3. The largest absolute Gasteiger partial charge is 0.481 e. The smallest absolute Gasteiger partial charge is 0.416 e. The first-order chi connectivity index (χ1) is 14.3. The summed E-state index contributed by atoms with van der Waals surface area (Å²) in [5.41, 5.74) is 0.842. The van der Waals surface area contributed by atoms with Crippen molar-refractivity contribution in [1.29, 1.82) is 0 Å². The summed E-state index contributed by atoms with van der Waals surface area (Å²) in [6.07, 6.45) is -4.55. The molecule has 1 saturated heterocycles. The molecular formula is C20H20F4N4O2. The topological polar surface area (TPSA) is 63.3 Å². The second kappa shape index (κ2) is 8.19. The predicted octanol–water partition coefficient (Wildman–Crippen LogP) is 3.72. The predicted molar refractivity (Wildman–Crippen MR) is 101 cm³/mol. The zero-order valence-electron chi connectivity index (χ0n) is 16.1. The van der Waals surface area contributed by atoms with E-state index in [2.05, 4.69) is 15.0 Å². The minimum atomic E-state index is -4.43. The van der Waals surface area contributed by atoms with Gasteiger partial charge in [0.2, 0.25) is 5.88 Å². The quantitative estimate of drug-likeness (QED) is 0.611. The molecule has 1 aromatic carbocycles. The molecule has 1 aliphatic heterocycles. The van der Waals surface area contributed by atoms with E-state index < -0.39 is 24.0 Å². The lowest BCUT2D eigenvalue weighted by Gasteiger charge is -2.15. The SMILES string of the molecule is COc1ccc(CN2C[C@@H](F)[C@@H](OCc3nc4ccc(C(F)(F)F)cc4[nH]3)C2)cn1. The molecule has 0 aliphatic carbocycles. The number of methoxy groups -OCH3 is 1. The normalized spacial score (nSPS) is 20.2. The molecule has 30 heavy (non-hydrogen) atoms. The number of benzene rings is 1. The van der Waals surface area contributed by atoms with Gasteiger partial charge in [-0.1, -0.05) is 6.07 Å². The zero-order chi connectivity index (χ0) is 21.3. The Balaban J connectivity index is 1.35. The molecule has 0 amide bonds. The molecule has 1 fully saturated rings. The molecule has 6 nitrogen and oxygen atoms in total. The maximum Gasteiger partial charge on any atom is 0.416 e. The number of imidazole rings is 1. The van der Waals surface area contributed by atoms with Crippen LogP contribution in [0.5, 0.6) is 5.88 Å². The number of likely N-dealkylation sites (tertiary alicyclic amines) is 1. The number of hydrogen-bond donors (Lipinski definition) is 1. The molecule has 0 saturated carbocycles. The summed E-state index contributed by atoms with van der Waals surface area (Å²) in [7, 11) is 1.54. The fourth-order valence-electron chi connectivity index (χ4n) is 3.47. The lowest BCUT2D eigenvalue weighted by atomic mass is 10.2. The van der Waals surface area contributed by atoms with E-state index in [1.54, 1.807) is 12.3 Å². The van der Waals surface area contributed by atoms with E-state index in [-0.39, 0.29) is 18.7 Å². The van der Waals surface area contributed by atoms with Gasteiger partial charge in [-0.25, -0.2) is 14.4 Å². The average Bonchev–Trinajstić information content (AvgIpc) is 3.28. The van der Waals surface area contributed by atoms with Gasteiger partial charge >= 0.3 is 6.18 Å². The summed E-state index contributed by atoms with van der Waals surface area (Å²) in [5, 5.41) is 0. The number of fused-ring (bicyclic) bond motifs is 1. The van der Waals surface area contributed by atoms with E-state index in [1.165, 1.54) is 13.2 Å². The molecular weight excluding hydrogens is 404 g/mol. The van der Waals surface area contributed by atoms with E-state index in [4.69, 9.17) is 9.47 Å². The van der Waals surface area contributed by atoms with Gasteiger partial charge in [-0.15, -0.1) is 0 Å². The Morgan fingerprint density at radius 1 is 1.20 bits per heavy atom. The van der Waals surface area contributed by atoms with Gasteiger partial charge in [0, 0.05) is 31.9 Å². The molecule has 4 rings (SSSR count). The van der Waals surface area contributed by atoms with E-state index >= 15 is 0 Å². The first-order valence-corrected chi connectivity index (χ1v) is 9.34. The van der Waals surface area contributed by atoms with Crippen molar-refractivity contribution in [3.8, 4) is 5.88 Å². The van der Waals surface area contributed by atoms with Crippen molar-refractivity contribution in [1.82, 2.24) is 19.9 Å². The van der Waals surface area contributed by atoms with Gasteiger partial charge in [-0.2, -0.15) is 13.2 Å². The van der Waals surface area contributed by atoms with Crippen molar-refractivity contribution in [2.75, 3.05) is 20.2 Å².